The van der Waals surface area contributed by atoms with Crippen LogP contribution in [0.1, 0.15) is 0 Å². The third-order valence-electron chi connectivity index (χ3n) is 11.0. The highest BCUT2D eigenvalue weighted by Crippen LogP contribution is 2.48. The van der Waals surface area contributed by atoms with Gasteiger partial charge in [0, 0.05) is 55.6 Å². The molecule has 0 bridgehead atoms. The molecule has 3 nitrogen and oxygen atoms in total. The molecule has 0 N–H and O–H groups in total. The fourth-order valence-corrected chi connectivity index (χ4v) is 8.52. The monoisotopic (exact) mass is 702 g/mol. The molecule has 0 saturated carbocycles. The maximum atomic E-state index is 6.69. The molecule has 0 fully saturated rings. The highest BCUT2D eigenvalue weighted by atomic mass is 16.3. The van der Waals surface area contributed by atoms with E-state index in [0.29, 0.717) is 0 Å². The van der Waals surface area contributed by atoms with Crippen molar-refractivity contribution in [2.75, 3.05) is 4.90 Å². The van der Waals surface area contributed by atoms with E-state index in [2.05, 4.69) is 210 Å². The second-order valence-corrected chi connectivity index (χ2v) is 14.1. The molecule has 0 aliphatic rings. The van der Waals surface area contributed by atoms with Crippen molar-refractivity contribution in [3.8, 4) is 27.9 Å². The van der Waals surface area contributed by atoms with Gasteiger partial charge in [-0.2, -0.15) is 0 Å². The summed E-state index contributed by atoms with van der Waals surface area (Å²) in [5, 5.41) is 7.04. The molecule has 0 spiro atoms. The van der Waals surface area contributed by atoms with E-state index in [4.69, 9.17) is 4.42 Å². The number of rotatable bonds is 6. The van der Waals surface area contributed by atoms with E-state index in [9.17, 15) is 0 Å². The van der Waals surface area contributed by atoms with Crippen molar-refractivity contribution in [2.45, 2.75) is 0 Å². The molecule has 11 aromatic rings. The molecule has 2 heterocycles. The third-order valence-corrected chi connectivity index (χ3v) is 11.0. The summed E-state index contributed by atoms with van der Waals surface area (Å²) in [4.78, 5) is 2.36. The van der Waals surface area contributed by atoms with Crippen LogP contribution in [0.15, 0.2) is 211 Å². The summed E-state index contributed by atoms with van der Waals surface area (Å²) in [7, 11) is 0. The van der Waals surface area contributed by atoms with Crippen molar-refractivity contribution >= 4 is 71.6 Å². The van der Waals surface area contributed by atoms with Gasteiger partial charge in [-0.15, -0.1) is 0 Å². The van der Waals surface area contributed by atoms with Crippen molar-refractivity contribution in [1.82, 2.24) is 4.57 Å². The number of hydrogen-bond donors (Lipinski definition) is 0. The van der Waals surface area contributed by atoms with E-state index in [1.165, 1.54) is 38.2 Å². The topological polar surface area (TPSA) is 21.3 Å². The van der Waals surface area contributed by atoms with Crippen LogP contribution < -0.4 is 4.90 Å². The van der Waals surface area contributed by atoms with Crippen LogP contribution in [0.4, 0.5) is 17.1 Å². The fourth-order valence-electron chi connectivity index (χ4n) is 8.52. The number of hydrogen-bond acceptors (Lipinski definition) is 2. The normalized spacial score (nSPS) is 11.6. The van der Waals surface area contributed by atoms with Gasteiger partial charge in [0.2, 0.25) is 0 Å². The molecule has 0 aliphatic carbocycles. The smallest absolute Gasteiger partial charge is 0.138 e. The first-order valence-electron chi connectivity index (χ1n) is 18.8. The van der Waals surface area contributed by atoms with Crippen molar-refractivity contribution in [2.24, 2.45) is 0 Å². The zero-order valence-electron chi connectivity index (χ0n) is 29.9. The van der Waals surface area contributed by atoms with Crippen LogP contribution in [0, 0.1) is 0 Å². The summed E-state index contributed by atoms with van der Waals surface area (Å²) in [6, 6.07) is 73.8. The predicted molar refractivity (Wildman–Crippen MR) is 231 cm³/mol. The van der Waals surface area contributed by atoms with Crippen LogP contribution >= 0.6 is 0 Å². The molecule has 0 atom stereocenters. The predicted octanol–water partition coefficient (Wildman–Crippen LogP) is 14.6. The molecule has 2 aromatic heterocycles. The molecule has 11 rings (SSSR count). The van der Waals surface area contributed by atoms with Gasteiger partial charge < -0.3 is 13.9 Å². The van der Waals surface area contributed by atoms with Gasteiger partial charge in [0.1, 0.15) is 11.2 Å². The van der Waals surface area contributed by atoms with Gasteiger partial charge in [0.05, 0.1) is 16.7 Å². The van der Waals surface area contributed by atoms with Gasteiger partial charge in [-0.05, 0) is 70.6 Å². The first kappa shape index (κ1) is 31.2. The average Bonchev–Trinajstić information content (AvgIpc) is 3.79. The highest BCUT2D eigenvalue weighted by Gasteiger charge is 2.24. The highest BCUT2D eigenvalue weighted by molar-refractivity contribution is 6.27. The summed E-state index contributed by atoms with van der Waals surface area (Å²) in [5.41, 5.74) is 13.1. The summed E-state index contributed by atoms with van der Waals surface area (Å²) >= 11 is 0. The second kappa shape index (κ2) is 12.6. The SMILES string of the molecule is c1ccc(-c2ccc(N(c3ccccc3)c3ccc4c5c(-c6ccccc6)c6c(cc5n(-c5cccc7ccccc57)c4c3)oc3ccccc36)cc2)cc1. The summed E-state index contributed by atoms with van der Waals surface area (Å²) < 4.78 is 9.15. The van der Waals surface area contributed by atoms with E-state index in [1.807, 2.05) is 6.07 Å². The van der Waals surface area contributed by atoms with Gasteiger partial charge in [-0.3, -0.25) is 0 Å². The Morgan fingerprint density at radius 3 is 1.75 bits per heavy atom. The molecule has 0 aliphatic heterocycles. The summed E-state index contributed by atoms with van der Waals surface area (Å²) in [6.07, 6.45) is 0. The van der Waals surface area contributed by atoms with E-state index >= 15 is 0 Å². The summed E-state index contributed by atoms with van der Waals surface area (Å²) in [6.45, 7) is 0. The lowest BCUT2D eigenvalue weighted by Gasteiger charge is -2.26. The molecule has 0 radical (unpaired) electrons. The van der Waals surface area contributed by atoms with E-state index < -0.39 is 0 Å². The molecule has 0 amide bonds. The van der Waals surface area contributed by atoms with Gasteiger partial charge in [-0.1, -0.05) is 152 Å². The third kappa shape index (κ3) is 5.05. The Hall–Kier alpha value is -7.36. The van der Waals surface area contributed by atoms with E-state index in [0.717, 1.165) is 61.3 Å². The van der Waals surface area contributed by atoms with Crippen molar-refractivity contribution in [1.29, 1.82) is 0 Å². The quantitative estimate of drug-likeness (QED) is 0.172. The molecule has 55 heavy (non-hydrogen) atoms. The van der Waals surface area contributed by atoms with Crippen LogP contribution in [0.25, 0.3) is 82.5 Å². The minimum absolute atomic E-state index is 0.876. The molecule has 9 aromatic carbocycles. The van der Waals surface area contributed by atoms with Gasteiger partial charge in [-0.25, -0.2) is 0 Å². The van der Waals surface area contributed by atoms with Crippen LogP contribution in [0.3, 0.4) is 0 Å². The minimum atomic E-state index is 0.876. The number of fused-ring (bicyclic) bond motifs is 7. The van der Waals surface area contributed by atoms with Crippen LogP contribution in [0.5, 0.6) is 0 Å². The van der Waals surface area contributed by atoms with E-state index in [-0.39, 0.29) is 0 Å². The first-order valence-corrected chi connectivity index (χ1v) is 18.8. The largest absolute Gasteiger partial charge is 0.456 e. The zero-order chi connectivity index (χ0) is 36.3. The number of benzene rings is 9. The first-order chi connectivity index (χ1) is 27.3. The molecule has 3 heteroatoms. The molecule has 0 saturated heterocycles. The summed E-state index contributed by atoms with van der Waals surface area (Å²) in [5.74, 6) is 0. The maximum absolute atomic E-state index is 6.69. The average molecular weight is 703 g/mol. The molecule has 0 unspecified atom stereocenters. The number of furan rings is 1. The van der Waals surface area contributed by atoms with Gasteiger partial charge >= 0.3 is 0 Å². The van der Waals surface area contributed by atoms with Gasteiger partial charge in [0.25, 0.3) is 0 Å². The molecule has 258 valence electrons. The zero-order valence-corrected chi connectivity index (χ0v) is 29.9. The minimum Gasteiger partial charge on any atom is -0.456 e. The molecular weight excluding hydrogens is 669 g/mol. The van der Waals surface area contributed by atoms with Crippen LogP contribution in [0.2, 0.25) is 0 Å². The Bertz CT molecular complexity index is 3170. The lowest BCUT2D eigenvalue weighted by molar-refractivity contribution is 0.669. The fraction of sp³-hybridized carbons (Fsp3) is 0. The van der Waals surface area contributed by atoms with Crippen LogP contribution in [-0.4, -0.2) is 4.57 Å². The Balaban J connectivity index is 1.24. The Labute approximate surface area is 318 Å². The maximum Gasteiger partial charge on any atom is 0.138 e. The Morgan fingerprint density at radius 2 is 0.964 bits per heavy atom. The number of nitrogens with zero attached hydrogens (tertiary/aromatic N) is 2. The second-order valence-electron chi connectivity index (χ2n) is 14.1. The van der Waals surface area contributed by atoms with Crippen molar-refractivity contribution in [3.05, 3.63) is 206 Å². The number of aromatic nitrogens is 1. The lowest BCUT2D eigenvalue weighted by atomic mass is 9.94. The Morgan fingerprint density at radius 1 is 0.364 bits per heavy atom. The Kier molecular flexibility index (Phi) is 7.17. The standard InChI is InChI=1S/C52H34N2O/c1-4-15-35(16-5-1)36-27-29-40(30-28-36)53(39-21-8-3-9-22-39)41-31-32-43-46(33-41)54(45-25-14-20-37-17-10-11-23-42(37)45)47-34-49-52(44-24-12-13-26-48(44)55-49)50(51(43)47)38-18-6-2-7-19-38/h1-34H. The number of anilines is 3. The van der Waals surface area contributed by atoms with E-state index in [1.54, 1.807) is 0 Å². The van der Waals surface area contributed by atoms with Crippen LogP contribution in [-0.2, 0) is 0 Å². The lowest BCUT2D eigenvalue weighted by Crippen LogP contribution is -2.10. The van der Waals surface area contributed by atoms with Crippen molar-refractivity contribution in [3.63, 3.8) is 0 Å². The van der Waals surface area contributed by atoms with Gasteiger partial charge in [0.15, 0.2) is 0 Å². The van der Waals surface area contributed by atoms with Crippen molar-refractivity contribution < 1.29 is 4.42 Å². The molecular formula is C52H34N2O. The number of para-hydroxylation sites is 2.